The summed E-state index contributed by atoms with van der Waals surface area (Å²) in [6.07, 6.45) is 1.97. The average molecular weight is 226 g/mol. The Labute approximate surface area is 93.4 Å². The highest BCUT2D eigenvalue weighted by molar-refractivity contribution is 6.33. The summed E-state index contributed by atoms with van der Waals surface area (Å²) in [6.45, 7) is 0. The summed E-state index contributed by atoms with van der Waals surface area (Å²) in [4.78, 5) is 11.5. The predicted octanol–water partition coefficient (Wildman–Crippen LogP) is 2.70. The monoisotopic (exact) mass is 225 g/mol. The van der Waals surface area contributed by atoms with E-state index >= 15 is 0 Å². The van der Waals surface area contributed by atoms with Gasteiger partial charge in [0.15, 0.2) is 0 Å². The highest BCUT2D eigenvalue weighted by Gasteiger charge is 2.29. The van der Waals surface area contributed by atoms with Crippen molar-refractivity contribution in [1.29, 1.82) is 0 Å². The normalized spacial score (nSPS) is 14.8. The van der Waals surface area contributed by atoms with Crippen LogP contribution in [0.4, 0.5) is 5.69 Å². The number of anilines is 1. The highest BCUT2D eigenvalue weighted by atomic mass is 35.5. The lowest BCUT2D eigenvalue weighted by molar-refractivity contribution is -0.117. The lowest BCUT2D eigenvalue weighted by atomic mass is 10.3. The van der Waals surface area contributed by atoms with Crippen LogP contribution in [0.3, 0.4) is 0 Å². The van der Waals surface area contributed by atoms with Crippen molar-refractivity contribution < 1.29 is 9.53 Å². The molecule has 1 amide bonds. The number of halogens is 1. The van der Waals surface area contributed by atoms with Crippen molar-refractivity contribution >= 4 is 23.2 Å². The minimum absolute atomic E-state index is 0.0575. The van der Waals surface area contributed by atoms with Crippen LogP contribution >= 0.6 is 11.6 Å². The van der Waals surface area contributed by atoms with Gasteiger partial charge in [-0.05, 0) is 25.0 Å². The Balaban J connectivity index is 2.10. The highest BCUT2D eigenvalue weighted by Crippen LogP contribution is 2.32. The van der Waals surface area contributed by atoms with Crippen LogP contribution in [-0.2, 0) is 4.79 Å². The number of rotatable bonds is 3. The zero-order chi connectivity index (χ0) is 10.8. The smallest absolute Gasteiger partial charge is 0.227 e. The van der Waals surface area contributed by atoms with E-state index in [0.29, 0.717) is 16.5 Å². The van der Waals surface area contributed by atoms with E-state index in [2.05, 4.69) is 5.32 Å². The van der Waals surface area contributed by atoms with Gasteiger partial charge in [0, 0.05) is 12.0 Å². The van der Waals surface area contributed by atoms with E-state index in [4.69, 9.17) is 16.3 Å². The minimum atomic E-state index is 0.0575. The maximum Gasteiger partial charge on any atom is 0.227 e. The van der Waals surface area contributed by atoms with E-state index in [9.17, 15) is 4.79 Å². The standard InChI is InChI=1S/C11H12ClNO2/c1-15-8-4-5-10(9(12)6-8)13-11(14)7-2-3-7/h4-7H,2-3H2,1H3,(H,13,14). The Morgan fingerprint density at radius 2 is 2.27 bits per heavy atom. The van der Waals surface area contributed by atoms with Crippen molar-refractivity contribution in [2.45, 2.75) is 12.8 Å². The second-order valence-corrected chi connectivity index (χ2v) is 4.02. The fourth-order valence-electron chi connectivity index (χ4n) is 1.30. The van der Waals surface area contributed by atoms with Gasteiger partial charge >= 0.3 is 0 Å². The van der Waals surface area contributed by atoms with Gasteiger partial charge in [-0.25, -0.2) is 0 Å². The van der Waals surface area contributed by atoms with Crippen LogP contribution in [0.15, 0.2) is 18.2 Å². The van der Waals surface area contributed by atoms with E-state index in [-0.39, 0.29) is 11.8 Å². The third kappa shape index (κ3) is 2.42. The number of carbonyl (C=O) groups is 1. The Hall–Kier alpha value is -1.22. The molecule has 1 N–H and O–H groups in total. The van der Waals surface area contributed by atoms with E-state index < -0.39 is 0 Å². The Kier molecular flexibility index (Phi) is 2.82. The van der Waals surface area contributed by atoms with E-state index in [1.165, 1.54) is 0 Å². The zero-order valence-electron chi connectivity index (χ0n) is 8.42. The van der Waals surface area contributed by atoms with Crippen LogP contribution in [0, 0.1) is 5.92 Å². The fraction of sp³-hybridized carbons (Fsp3) is 0.364. The van der Waals surface area contributed by atoms with Crippen LogP contribution in [-0.4, -0.2) is 13.0 Å². The van der Waals surface area contributed by atoms with E-state index in [1.54, 1.807) is 25.3 Å². The quantitative estimate of drug-likeness (QED) is 0.859. The maximum atomic E-state index is 11.5. The molecular formula is C11H12ClNO2. The molecule has 0 bridgehead atoms. The topological polar surface area (TPSA) is 38.3 Å². The van der Waals surface area contributed by atoms with Gasteiger partial charge in [0.2, 0.25) is 5.91 Å². The molecule has 1 fully saturated rings. The first kappa shape index (κ1) is 10.3. The maximum absolute atomic E-state index is 11.5. The summed E-state index contributed by atoms with van der Waals surface area (Å²) in [6, 6.07) is 5.21. The first-order valence-corrected chi connectivity index (χ1v) is 5.23. The lowest BCUT2D eigenvalue weighted by Gasteiger charge is -2.07. The van der Waals surface area contributed by atoms with Crippen molar-refractivity contribution in [3.63, 3.8) is 0 Å². The number of carbonyl (C=O) groups excluding carboxylic acids is 1. The molecule has 0 spiro atoms. The van der Waals surface area contributed by atoms with Crippen LogP contribution in [0.5, 0.6) is 5.75 Å². The molecule has 0 unspecified atom stereocenters. The molecule has 15 heavy (non-hydrogen) atoms. The van der Waals surface area contributed by atoms with E-state index in [1.807, 2.05) is 0 Å². The largest absolute Gasteiger partial charge is 0.497 e. The first-order chi connectivity index (χ1) is 7.20. The molecule has 1 aliphatic carbocycles. The molecule has 2 rings (SSSR count). The molecule has 0 saturated heterocycles. The van der Waals surface area contributed by atoms with Crippen LogP contribution in [0.25, 0.3) is 0 Å². The molecule has 0 radical (unpaired) electrons. The van der Waals surface area contributed by atoms with Crippen molar-refractivity contribution in [2.75, 3.05) is 12.4 Å². The third-order valence-corrected chi connectivity index (χ3v) is 2.69. The number of hydrogen-bond acceptors (Lipinski definition) is 2. The van der Waals surface area contributed by atoms with Gasteiger partial charge in [-0.15, -0.1) is 0 Å². The molecular weight excluding hydrogens is 214 g/mol. The van der Waals surface area contributed by atoms with Crippen molar-refractivity contribution in [3.05, 3.63) is 23.2 Å². The van der Waals surface area contributed by atoms with Crippen molar-refractivity contribution in [2.24, 2.45) is 5.92 Å². The summed E-state index contributed by atoms with van der Waals surface area (Å²) in [5, 5.41) is 3.30. The fourth-order valence-corrected chi connectivity index (χ4v) is 1.52. The predicted molar refractivity (Wildman–Crippen MR) is 59.4 cm³/mol. The summed E-state index contributed by atoms with van der Waals surface area (Å²) >= 11 is 5.98. The number of methoxy groups -OCH3 is 1. The van der Waals surface area contributed by atoms with E-state index in [0.717, 1.165) is 12.8 Å². The summed E-state index contributed by atoms with van der Waals surface area (Å²) < 4.78 is 5.02. The number of hydrogen-bond donors (Lipinski definition) is 1. The molecule has 1 saturated carbocycles. The molecule has 1 aliphatic rings. The number of amides is 1. The van der Waals surface area contributed by atoms with Crippen LogP contribution in [0.2, 0.25) is 5.02 Å². The third-order valence-electron chi connectivity index (χ3n) is 2.38. The molecule has 0 aromatic heterocycles. The lowest BCUT2D eigenvalue weighted by Crippen LogP contribution is -2.13. The first-order valence-electron chi connectivity index (χ1n) is 4.85. The molecule has 0 aliphatic heterocycles. The number of ether oxygens (including phenoxy) is 1. The SMILES string of the molecule is COc1ccc(NC(=O)C2CC2)c(Cl)c1. The molecule has 0 heterocycles. The number of nitrogens with one attached hydrogen (secondary N) is 1. The Bertz CT molecular complexity index is 388. The van der Waals surface area contributed by atoms with Gasteiger partial charge in [-0.3, -0.25) is 4.79 Å². The van der Waals surface area contributed by atoms with Crippen molar-refractivity contribution in [3.8, 4) is 5.75 Å². The number of benzene rings is 1. The van der Waals surface area contributed by atoms with Crippen molar-refractivity contribution in [1.82, 2.24) is 0 Å². The Morgan fingerprint density at radius 3 is 2.80 bits per heavy atom. The summed E-state index contributed by atoms with van der Waals surface area (Å²) in [7, 11) is 1.58. The summed E-state index contributed by atoms with van der Waals surface area (Å²) in [5.41, 5.74) is 0.648. The molecule has 0 atom stereocenters. The molecule has 1 aromatic rings. The molecule has 3 nitrogen and oxygen atoms in total. The van der Waals surface area contributed by atoms with Crippen LogP contribution < -0.4 is 10.1 Å². The molecule has 4 heteroatoms. The molecule has 1 aromatic carbocycles. The summed E-state index contributed by atoms with van der Waals surface area (Å²) in [5.74, 6) is 0.926. The molecule has 80 valence electrons. The van der Waals surface area contributed by atoms with Gasteiger partial charge in [-0.1, -0.05) is 11.6 Å². The second kappa shape index (κ2) is 4.11. The zero-order valence-corrected chi connectivity index (χ0v) is 9.17. The van der Waals surface area contributed by atoms with Gasteiger partial charge in [0.05, 0.1) is 17.8 Å². The van der Waals surface area contributed by atoms with Gasteiger partial charge in [0.1, 0.15) is 5.75 Å². The van der Waals surface area contributed by atoms with Gasteiger partial charge in [0.25, 0.3) is 0 Å². The van der Waals surface area contributed by atoms with Gasteiger partial charge < -0.3 is 10.1 Å². The Morgan fingerprint density at radius 1 is 1.53 bits per heavy atom. The van der Waals surface area contributed by atoms with Gasteiger partial charge in [-0.2, -0.15) is 0 Å². The second-order valence-electron chi connectivity index (χ2n) is 3.61. The minimum Gasteiger partial charge on any atom is -0.497 e. The average Bonchev–Trinajstić information content (AvgIpc) is 3.04. The van der Waals surface area contributed by atoms with Crippen LogP contribution in [0.1, 0.15) is 12.8 Å².